The van der Waals surface area contributed by atoms with E-state index < -0.39 is 11.7 Å². The maximum Gasteiger partial charge on any atom is 0.417 e. The minimum Gasteiger partial charge on any atom is -0.306 e. The van der Waals surface area contributed by atoms with Crippen LogP contribution in [0.3, 0.4) is 0 Å². The Morgan fingerprint density at radius 1 is 1.17 bits per heavy atom. The van der Waals surface area contributed by atoms with Gasteiger partial charge < -0.3 is 4.90 Å². The van der Waals surface area contributed by atoms with Gasteiger partial charge in [-0.25, -0.2) is 0 Å². The molecule has 4 rings (SSSR count). The van der Waals surface area contributed by atoms with E-state index in [1.165, 1.54) is 0 Å². The third-order valence-electron chi connectivity index (χ3n) is 5.53. The van der Waals surface area contributed by atoms with Crippen LogP contribution >= 0.6 is 11.6 Å². The molecule has 0 N–H and O–H groups in total. The topological polar surface area (TPSA) is 41.9 Å². The molecule has 4 nitrogen and oxygen atoms in total. The summed E-state index contributed by atoms with van der Waals surface area (Å²) in [5.74, 6) is 0.379. The number of benzene rings is 1. The quantitative estimate of drug-likeness (QED) is 0.550. The average Bonchev–Trinajstić information content (AvgIpc) is 2.68. The highest BCUT2D eigenvalue weighted by Gasteiger charge is 2.32. The standard InChI is InChI=1S/C21H20ClF3N4/c1-12-15-6-3-7-16(13-5-4-8-29(2)11-13)19(15)28-27-18(12)20-17(22)9-14(10-26-20)21(23,24)25/h3,6-7,9-10,13H,4-5,8,11H2,1-2H3. The van der Waals surface area contributed by atoms with E-state index in [0.29, 0.717) is 11.6 Å². The van der Waals surface area contributed by atoms with Gasteiger partial charge in [-0.2, -0.15) is 13.2 Å². The van der Waals surface area contributed by atoms with E-state index in [2.05, 4.69) is 33.2 Å². The Labute approximate surface area is 171 Å². The van der Waals surface area contributed by atoms with Crippen LogP contribution in [0.15, 0.2) is 30.5 Å². The number of piperidine rings is 1. The zero-order valence-electron chi connectivity index (χ0n) is 16.1. The summed E-state index contributed by atoms with van der Waals surface area (Å²) >= 11 is 6.13. The van der Waals surface area contributed by atoms with E-state index in [4.69, 9.17) is 11.6 Å². The normalized spacial score (nSPS) is 18.3. The van der Waals surface area contributed by atoms with Gasteiger partial charge in [-0.15, -0.1) is 10.2 Å². The molecule has 2 aromatic heterocycles. The Kier molecular flexibility index (Phi) is 5.21. The van der Waals surface area contributed by atoms with Crippen LogP contribution < -0.4 is 0 Å². The molecule has 1 fully saturated rings. The lowest BCUT2D eigenvalue weighted by Gasteiger charge is -2.30. The molecule has 3 aromatic rings. The molecule has 1 aliphatic rings. The predicted molar refractivity (Wildman–Crippen MR) is 107 cm³/mol. The number of aromatic nitrogens is 3. The maximum absolute atomic E-state index is 12.9. The highest BCUT2D eigenvalue weighted by Crippen LogP contribution is 2.37. The molecule has 0 bridgehead atoms. The highest BCUT2D eigenvalue weighted by molar-refractivity contribution is 6.33. The first-order valence-electron chi connectivity index (χ1n) is 9.43. The van der Waals surface area contributed by atoms with Crippen molar-refractivity contribution in [3.8, 4) is 11.4 Å². The molecule has 0 amide bonds. The number of halogens is 4. The van der Waals surface area contributed by atoms with E-state index in [1.54, 1.807) is 0 Å². The second-order valence-electron chi connectivity index (χ2n) is 7.57. The molecule has 0 spiro atoms. The molecule has 1 aromatic carbocycles. The van der Waals surface area contributed by atoms with Gasteiger partial charge in [-0.1, -0.05) is 29.8 Å². The Balaban J connectivity index is 1.80. The zero-order valence-corrected chi connectivity index (χ0v) is 16.8. The molecule has 1 aliphatic heterocycles. The molecular formula is C21H20ClF3N4. The maximum atomic E-state index is 12.9. The molecular weight excluding hydrogens is 401 g/mol. The van der Waals surface area contributed by atoms with Crippen molar-refractivity contribution in [2.75, 3.05) is 20.1 Å². The van der Waals surface area contributed by atoms with Crippen molar-refractivity contribution in [2.45, 2.75) is 31.9 Å². The third-order valence-corrected chi connectivity index (χ3v) is 5.82. The first-order valence-corrected chi connectivity index (χ1v) is 9.81. The van der Waals surface area contributed by atoms with E-state index in [-0.39, 0.29) is 10.7 Å². The van der Waals surface area contributed by atoms with Crippen molar-refractivity contribution in [2.24, 2.45) is 0 Å². The van der Waals surface area contributed by atoms with Crippen LogP contribution in [0.25, 0.3) is 22.3 Å². The van der Waals surface area contributed by atoms with Crippen LogP contribution in [0.1, 0.15) is 35.4 Å². The first-order chi connectivity index (χ1) is 13.8. The Morgan fingerprint density at radius 3 is 2.66 bits per heavy atom. The summed E-state index contributed by atoms with van der Waals surface area (Å²) in [6, 6.07) is 6.91. The van der Waals surface area contributed by atoms with Crippen molar-refractivity contribution < 1.29 is 13.2 Å². The zero-order chi connectivity index (χ0) is 20.8. The summed E-state index contributed by atoms with van der Waals surface area (Å²) in [4.78, 5) is 6.26. The molecule has 152 valence electrons. The summed E-state index contributed by atoms with van der Waals surface area (Å²) < 4.78 is 38.7. The molecule has 1 atom stereocenters. The number of likely N-dealkylation sites (N-methyl/N-ethyl adjacent to an activating group) is 1. The monoisotopic (exact) mass is 420 g/mol. The van der Waals surface area contributed by atoms with Gasteiger partial charge >= 0.3 is 6.18 Å². The third kappa shape index (κ3) is 3.81. The minimum atomic E-state index is -4.50. The molecule has 0 saturated carbocycles. The van der Waals surface area contributed by atoms with E-state index >= 15 is 0 Å². The fraction of sp³-hybridized carbons (Fsp3) is 0.381. The van der Waals surface area contributed by atoms with E-state index in [0.717, 1.165) is 60.2 Å². The molecule has 29 heavy (non-hydrogen) atoms. The van der Waals surface area contributed by atoms with Crippen LogP contribution in [-0.4, -0.2) is 40.2 Å². The van der Waals surface area contributed by atoms with E-state index in [9.17, 15) is 13.2 Å². The van der Waals surface area contributed by atoms with Gasteiger partial charge in [0.1, 0.15) is 11.4 Å². The molecule has 8 heteroatoms. The fourth-order valence-corrected chi connectivity index (χ4v) is 4.28. The second-order valence-corrected chi connectivity index (χ2v) is 7.98. The molecule has 1 unspecified atom stereocenters. The van der Waals surface area contributed by atoms with Crippen molar-refractivity contribution in [3.05, 3.63) is 52.2 Å². The van der Waals surface area contributed by atoms with Crippen LogP contribution in [-0.2, 0) is 6.18 Å². The SMILES string of the molecule is Cc1c(-c2ncc(C(F)(F)F)cc2Cl)nnc2c(C3CCCN(C)C3)cccc12. The Morgan fingerprint density at radius 2 is 1.97 bits per heavy atom. The lowest BCUT2D eigenvalue weighted by Crippen LogP contribution is -2.31. The summed E-state index contributed by atoms with van der Waals surface area (Å²) in [7, 11) is 2.12. The summed E-state index contributed by atoms with van der Waals surface area (Å²) in [5.41, 5.74) is 2.50. The number of hydrogen-bond acceptors (Lipinski definition) is 4. The van der Waals surface area contributed by atoms with Crippen molar-refractivity contribution in [1.29, 1.82) is 0 Å². The largest absolute Gasteiger partial charge is 0.417 e. The molecule has 0 radical (unpaired) electrons. The summed E-state index contributed by atoms with van der Waals surface area (Å²) in [5, 5.41) is 9.57. The fourth-order valence-electron chi connectivity index (χ4n) is 4.02. The van der Waals surface area contributed by atoms with Crippen LogP contribution in [0.4, 0.5) is 13.2 Å². The van der Waals surface area contributed by atoms with Gasteiger partial charge in [0.15, 0.2) is 0 Å². The number of aryl methyl sites for hydroxylation is 1. The van der Waals surface area contributed by atoms with Gasteiger partial charge in [0.2, 0.25) is 0 Å². The lowest BCUT2D eigenvalue weighted by molar-refractivity contribution is -0.137. The number of alkyl halides is 3. The predicted octanol–water partition coefficient (Wildman–Crippen LogP) is 5.48. The van der Waals surface area contributed by atoms with Crippen molar-refractivity contribution in [1.82, 2.24) is 20.1 Å². The van der Waals surface area contributed by atoms with Gasteiger partial charge in [-0.05, 0) is 56.5 Å². The summed E-state index contributed by atoms with van der Waals surface area (Å²) in [6.07, 6.45) is -1.49. The van der Waals surface area contributed by atoms with Crippen molar-refractivity contribution >= 4 is 22.5 Å². The summed E-state index contributed by atoms with van der Waals surface area (Å²) in [6.45, 7) is 3.93. The highest BCUT2D eigenvalue weighted by atomic mass is 35.5. The molecule has 1 saturated heterocycles. The van der Waals surface area contributed by atoms with Gasteiger partial charge in [-0.3, -0.25) is 4.98 Å². The number of nitrogens with zero attached hydrogens (tertiary/aromatic N) is 4. The number of rotatable bonds is 2. The molecule has 3 heterocycles. The Bertz CT molecular complexity index is 1070. The van der Waals surface area contributed by atoms with Crippen LogP contribution in [0.2, 0.25) is 5.02 Å². The number of fused-ring (bicyclic) bond motifs is 1. The number of pyridine rings is 1. The smallest absolute Gasteiger partial charge is 0.306 e. The second kappa shape index (κ2) is 7.54. The van der Waals surface area contributed by atoms with E-state index in [1.807, 2.05) is 19.1 Å². The Hall–Kier alpha value is -2.25. The number of hydrogen-bond donors (Lipinski definition) is 0. The minimum absolute atomic E-state index is 0.0957. The lowest BCUT2D eigenvalue weighted by atomic mass is 9.88. The van der Waals surface area contributed by atoms with Crippen LogP contribution in [0, 0.1) is 6.92 Å². The van der Waals surface area contributed by atoms with Gasteiger partial charge in [0.05, 0.1) is 16.1 Å². The average molecular weight is 421 g/mol. The van der Waals surface area contributed by atoms with Crippen molar-refractivity contribution in [3.63, 3.8) is 0 Å². The first kappa shape index (κ1) is 20.0. The number of likely N-dealkylation sites (tertiary alicyclic amines) is 1. The van der Waals surface area contributed by atoms with Gasteiger partial charge in [0.25, 0.3) is 0 Å². The van der Waals surface area contributed by atoms with Crippen LogP contribution in [0.5, 0.6) is 0 Å². The molecule has 0 aliphatic carbocycles. The van der Waals surface area contributed by atoms with Gasteiger partial charge in [0, 0.05) is 18.1 Å².